The van der Waals surface area contributed by atoms with Gasteiger partial charge >= 0.3 is 0 Å². The van der Waals surface area contributed by atoms with E-state index in [4.69, 9.17) is 0 Å². The van der Waals surface area contributed by atoms with Gasteiger partial charge in [-0.3, -0.25) is 14.3 Å². The Morgan fingerprint density at radius 2 is 1.61 bits per heavy atom. The van der Waals surface area contributed by atoms with Gasteiger partial charge in [-0.1, -0.05) is 58.0 Å². The molecule has 6 nitrogen and oxygen atoms in total. The normalized spacial score (nSPS) is 15.0. The predicted molar refractivity (Wildman–Crippen MR) is 109 cm³/mol. The lowest BCUT2D eigenvalue weighted by Crippen LogP contribution is -2.53. The van der Waals surface area contributed by atoms with Crippen molar-refractivity contribution in [1.29, 1.82) is 0 Å². The lowest BCUT2D eigenvalue weighted by atomic mass is 9.94. The van der Waals surface area contributed by atoms with Crippen LogP contribution in [0.5, 0.6) is 0 Å². The van der Waals surface area contributed by atoms with Crippen molar-refractivity contribution in [3.63, 3.8) is 0 Å². The fraction of sp³-hybridized carbons (Fsp3) is 0.500. The second kappa shape index (κ2) is 8.17. The first-order valence-electron chi connectivity index (χ1n) is 9.98. The summed E-state index contributed by atoms with van der Waals surface area (Å²) in [6.45, 7) is 10.8. The lowest BCUT2D eigenvalue weighted by molar-refractivity contribution is -0.140. The van der Waals surface area contributed by atoms with Crippen molar-refractivity contribution in [2.45, 2.75) is 40.7 Å². The molecule has 0 radical (unpaired) electrons. The number of hydrogen-bond acceptors (Lipinski definition) is 3. The van der Waals surface area contributed by atoms with Crippen molar-refractivity contribution in [2.75, 3.05) is 26.2 Å². The van der Waals surface area contributed by atoms with E-state index in [0.29, 0.717) is 38.3 Å². The molecule has 1 aliphatic rings. The molecule has 1 saturated heterocycles. The van der Waals surface area contributed by atoms with Crippen molar-refractivity contribution < 1.29 is 9.59 Å². The smallest absolute Gasteiger partial charge is 0.257 e. The summed E-state index contributed by atoms with van der Waals surface area (Å²) in [4.78, 5) is 29.2. The lowest BCUT2D eigenvalue weighted by Gasteiger charge is -2.37. The average molecular weight is 383 g/mol. The maximum atomic E-state index is 13.1. The van der Waals surface area contributed by atoms with Crippen LogP contribution >= 0.6 is 0 Å². The highest BCUT2D eigenvalue weighted by atomic mass is 16.2. The summed E-state index contributed by atoms with van der Waals surface area (Å²) in [6, 6.07) is 10.1. The van der Waals surface area contributed by atoms with Gasteiger partial charge < -0.3 is 9.80 Å². The fourth-order valence-electron chi connectivity index (χ4n) is 3.61. The summed E-state index contributed by atoms with van der Waals surface area (Å²) in [5.41, 5.74) is 2.41. The van der Waals surface area contributed by atoms with Gasteiger partial charge in [-0.15, -0.1) is 0 Å². The molecule has 28 heavy (non-hydrogen) atoms. The molecule has 150 valence electrons. The largest absolute Gasteiger partial charge is 0.339 e. The number of carbonyl (C=O) groups excluding carboxylic acids is 2. The van der Waals surface area contributed by atoms with Gasteiger partial charge in [0.1, 0.15) is 0 Å². The molecule has 0 unspecified atom stereocenters. The van der Waals surface area contributed by atoms with Crippen LogP contribution in [-0.4, -0.2) is 57.6 Å². The molecule has 0 atom stereocenters. The molecule has 3 rings (SSSR count). The second-order valence-electron chi connectivity index (χ2n) is 8.34. The third-order valence-corrected chi connectivity index (χ3v) is 5.18. The minimum absolute atomic E-state index is 0.0130. The van der Waals surface area contributed by atoms with Crippen LogP contribution in [0.3, 0.4) is 0 Å². The standard InChI is InChI=1S/C22H30N4O2/c1-5-19-18(15-23-26(19)16-17-9-7-6-8-10-17)20(27)24-11-13-25(14-12-24)21(28)22(2,3)4/h6-10,15H,5,11-14,16H2,1-4H3. The van der Waals surface area contributed by atoms with Gasteiger partial charge in [-0.25, -0.2) is 0 Å². The summed E-state index contributed by atoms with van der Waals surface area (Å²) in [5.74, 6) is 0.156. The Balaban J connectivity index is 1.69. The van der Waals surface area contributed by atoms with Crippen molar-refractivity contribution in [1.82, 2.24) is 19.6 Å². The number of rotatable bonds is 4. The third-order valence-electron chi connectivity index (χ3n) is 5.18. The molecular formula is C22H30N4O2. The van der Waals surface area contributed by atoms with Gasteiger partial charge in [0.2, 0.25) is 5.91 Å². The van der Waals surface area contributed by atoms with Gasteiger partial charge in [-0.05, 0) is 12.0 Å². The Labute approximate surface area is 167 Å². The maximum Gasteiger partial charge on any atom is 0.257 e. The molecule has 0 bridgehead atoms. The van der Waals surface area contributed by atoms with Crippen LogP contribution in [0.25, 0.3) is 0 Å². The SMILES string of the molecule is CCc1c(C(=O)N2CCN(C(=O)C(C)(C)C)CC2)cnn1Cc1ccccc1. The van der Waals surface area contributed by atoms with Gasteiger partial charge in [0.05, 0.1) is 24.0 Å². The van der Waals surface area contributed by atoms with Gasteiger partial charge in [-0.2, -0.15) is 5.10 Å². The molecule has 1 aromatic heterocycles. The Morgan fingerprint density at radius 1 is 1.00 bits per heavy atom. The van der Waals surface area contributed by atoms with E-state index in [-0.39, 0.29) is 17.2 Å². The van der Waals surface area contributed by atoms with Crippen LogP contribution in [-0.2, 0) is 17.8 Å². The van der Waals surface area contributed by atoms with Gasteiger partial charge in [0, 0.05) is 31.6 Å². The quantitative estimate of drug-likeness (QED) is 0.817. The van der Waals surface area contributed by atoms with Crippen LogP contribution in [0.4, 0.5) is 0 Å². The Morgan fingerprint density at radius 3 is 2.18 bits per heavy atom. The molecule has 1 aromatic carbocycles. The van der Waals surface area contributed by atoms with Crippen LogP contribution in [0.2, 0.25) is 0 Å². The number of amides is 2. The number of carbonyl (C=O) groups is 2. The van der Waals surface area contributed by atoms with Crippen LogP contribution in [0.15, 0.2) is 36.5 Å². The van der Waals surface area contributed by atoms with E-state index < -0.39 is 0 Å². The minimum Gasteiger partial charge on any atom is -0.339 e. The number of piperazine rings is 1. The summed E-state index contributed by atoms with van der Waals surface area (Å²) < 4.78 is 1.92. The van der Waals surface area contributed by atoms with Gasteiger partial charge in [0.15, 0.2) is 0 Å². The maximum absolute atomic E-state index is 13.1. The highest BCUT2D eigenvalue weighted by Gasteiger charge is 2.32. The molecule has 0 spiro atoms. The summed E-state index contributed by atoms with van der Waals surface area (Å²) in [7, 11) is 0. The predicted octanol–water partition coefficient (Wildman–Crippen LogP) is 2.82. The first-order chi connectivity index (χ1) is 13.3. The number of hydrogen-bond donors (Lipinski definition) is 0. The van der Waals surface area contributed by atoms with Crippen molar-refractivity contribution in [2.24, 2.45) is 5.41 Å². The van der Waals surface area contributed by atoms with Crippen LogP contribution in [0, 0.1) is 5.41 Å². The molecule has 1 aliphatic heterocycles. The number of benzene rings is 1. The number of aromatic nitrogens is 2. The zero-order valence-electron chi connectivity index (χ0n) is 17.3. The van der Waals surface area contributed by atoms with E-state index >= 15 is 0 Å². The minimum atomic E-state index is -0.389. The zero-order chi connectivity index (χ0) is 20.3. The van der Waals surface area contributed by atoms with Crippen molar-refractivity contribution in [3.05, 3.63) is 53.3 Å². The Bertz CT molecular complexity index is 828. The summed E-state index contributed by atoms with van der Waals surface area (Å²) in [5, 5.41) is 4.48. The van der Waals surface area contributed by atoms with Crippen molar-refractivity contribution >= 4 is 11.8 Å². The van der Waals surface area contributed by atoms with E-state index in [1.165, 1.54) is 0 Å². The van der Waals surface area contributed by atoms with E-state index in [2.05, 4.69) is 24.2 Å². The molecular weight excluding hydrogens is 352 g/mol. The van der Waals surface area contributed by atoms with E-state index in [0.717, 1.165) is 17.7 Å². The number of nitrogens with zero attached hydrogens (tertiary/aromatic N) is 4. The fourth-order valence-corrected chi connectivity index (χ4v) is 3.61. The Kier molecular flexibility index (Phi) is 5.87. The molecule has 1 fully saturated rings. The Hall–Kier alpha value is -2.63. The first kappa shape index (κ1) is 20.1. The van der Waals surface area contributed by atoms with Crippen LogP contribution < -0.4 is 0 Å². The average Bonchev–Trinajstić information content (AvgIpc) is 3.09. The topological polar surface area (TPSA) is 58.4 Å². The van der Waals surface area contributed by atoms with E-state index in [1.54, 1.807) is 6.20 Å². The zero-order valence-corrected chi connectivity index (χ0v) is 17.3. The van der Waals surface area contributed by atoms with Crippen LogP contribution in [0.1, 0.15) is 49.3 Å². The second-order valence-corrected chi connectivity index (χ2v) is 8.34. The molecule has 2 aromatic rings. The van der Waals surface area contributed by atoms with Crippen molar-refractivity contribution in [3.8, 4) is 0 Å². The molecule has 2 heterocycles. The highest BCUT2D eigenvalue weighted by molar-refractivity contribution is 5.95. The highest BCUT2D eigenvalue weighted by Crippen LogP contribution is 2.20. The molecule has 6 heteroatoms. The third kappa shape index (κ3) is 4.26. The van der Waals surface area contributed by atoms with E-state index in [1.807, 2.05) is 53.5 Å². The molecule has 0 saturated carbocycles. The summed E-state index contributed by atoms with van der Waals surface area (Å²) in [6.07, 6.45) is 2.44. The molecule has 0 aliphatic carbocycles. The summed E-state index contributed by atoms with van der Waals surface area (Å²) >= 11 is 0. The van der Waals surface area contributed by atoms with E-state index in [9.17, 15) is 9.59 Å². The molecule has 0 N–H and O–H groups in total. The molecule has 2 amide bonds. The van der Waals surface area contributed by atoms with Gasteiger partial charge in [0.25, 0.3) is 5.91 Å². The first-order valence-corrected chi connectivity index (χ1v) is 9.98. The monoisotopic (exact) mass is 382 g/mol.